The fourth-order valence-electron chi connectivity index (χ4n) is 2.40. The van der Waals surface area contributed by atoms with E-state index in [0.717, 1.165) is 10.0 Å². The summed E-state index contributed by atoms with van der Waals surface area (Å²) in [6, 6.07) is 5.79. The number of carboxylic acids is 1. The summed E-state index contributed by atoms with van der Waals surface area (Å²) in [6.07, 6.45) is -0.730. The molecule has 0 aliphatic carbocycles. The van der Waals surface area contributed by atoms with Crippen molar-refractivity contribution in [2.75, 3.05) is 6.54 Å². The van der Waals surface area contributed by atoms with Crippen LogP contribution in [0, 0.1) is 0 Å². The molecule has 1 fully saturated rings. The highest BCUT2D eigenvalue weighted by molar-refractivity contribution is 9.10. The number of hydrogen-bond donors (Lipinski definition) is 3. The van der Waals surface area contributed by atoms with Crippen molar-refractivity contribution in [2.24, 2.45) is 0 Å². The summed E-state index contributed by atoms with van der Waals surface area (Å²) >= 11 is 3.37. The summed E-state index contributed by atoms with van der Waals surface area (Å²) in [5, 5.41) is 21.4. The number of aliphatic carboxylic acids is 1. The maximum atomic E-state index is 12.2. The number of carboxylic acid groups (broad SMARTS) is 1. The van der Waals surface area contributed by atoms with E-state index in [9.17, 15) is 14.7 Å². The molecule has 1 aliphatic rings. The van der Waals surface area contributed by atoms with Crippen LogP contribution in [0.4, 0.5) is 4.79 Å². The number of benzene rings is 1. The van der Waals surface area contributed by atoms with Crippen LogP contribution in [0.5, 0.6) is 0 Å². The number of urea groups is 1. The molecule has 0 spiro atoms. The zero-order valence-corrected chi connectivity index (χ0v) is 13.1. The van der Waals surface area contributed by atoms with Gasteiger partial charge in [0.1, 0.15) is 6.04 Å². The van der Waals surface area contributed by atoms with Gasteiger partial charge in [-0.3, -0.25) is 0 Å². The lowest BCUT2D eigenvalue weighted by molar-refractivity contribution is -0.141. The lowest BCUT2D eigenvalue weighted by atomic mass is 10.1. The molecular weight excluding hydrogens is 340 g/mol. The largest absolute Gasteiger partial charge is 0.480 e. The SMILES string of the molecule is CC(NC(=O)N1CC(O)C[C@H]1C(=O)O)c1cccc(Br)c1. The van der Waals surface area contributed by atoms with Crippen molar-refractivity contribution in [2.45, 2.75) is 31.5 Å². The van der Waals surface area contributed by atoms with E-state index in [0.29, 0.717) is 0 Å². The number of aliphatic hydroxyl groups excluding tert-OH is 1. The molecule has 114 valence electrons. The average Bonchev–Trinajstić information content (AvgIpc) is 2.81. The van der Waals surface area contributed by atoms with Crippen molar-refractivity contribution >= 4 is 27.9 Å². The van der Waals surface area contributed by atoms with Gasteiger partial charge in [0.05, 0.1) is 12.1 Å². The van der Waals surface area contributed by atoms with Crippen molar-refractivity contribution in [3.63, 3.8) is 0 Å². The number of carbonyl (C=O) groups excluding carboxylic acids is 1. The Bertz CT molecular complexity index is 552. The second-order valence-electron chi connectivity index (χ2n) is 5.12. The number of halogens is 1. The minimum absolute atomic E-state index is 0.0357. The minimum Gasteiger partial charge on any atom is -0.480 e. The van der Waals surface area contributed by atoms with Gasteiger partial charge in [0.2, 0.25) is 0 Å². The molecule has 1 heterocycles. The van der Waals surface area contributed by atoms with Crippen LogP contribution in [0.3, 0.4) is 0 Å². The Balaban J connectivity index is 2.05. The monoisotopic (exact) mass is 356 g/mol. The van der Waals surface area contributed by atoms with Crippen molar-refractivity contribution in [1.29, 1.82) is 0 Å². The average molecular weight is 357 g/mol. The van der Waals surface area contributed by atoms with Crippen molar-refractivity contribution < 1.29 is 19.8 Å². The Morgan fingerprint density at radius 1 is 1.48 bits per heavy atom. The highest BCUT2D eigenvalue weighted by Gasteiger charge is 2.39. The molecule has 0 bridgehead atoms. The second kappa shape index (κ2) is 6.44. The number of carbonyl (C=O) groups is 2. The van der Waals surface area contributed by atoms with Gasteiger partial charge in [0.15, 0.2) is 0 Å². The zero-order chi connectivity index (χ0) is 15.6. The van der Waals surface area contributed by atoms with Crippen LogP contribution < -0.4 is 5.32 Å². The van der Waals surface area contributed by atoms with Crippen LogP contribution in [-0.2, 0) is 4.79 Å². The lowest BCUT2D eigenvalue weighted by Crippen LogP contribution is -2.46. The molecule has 1 saturated heterocycles. The number of rotatable bonds is 3. The van der Waals surface area contributed by atoms with Gasteiger partial charge in [-0.15, -0.1) is 0 Å². The highest BCUT2D eigenvalue weighted by atomic mass is 79.9. The Labute approximate surface area is 130 Å². The first-order valence-corrected chi connectivity index (χ1v) is 7.41. The third-order valence-electron chi connectivity index (χ3n) is 3.51. The Morgan fingerprint density at radius 2 is 2.19 bits per heavy atom. The first-order valence-electron chi connectivity index (χ1n) is 6.62. The van der Waals surface area contributed by atoms with Crippen LogP contribution in [0.15, 0.2) is 28.7 Å². The topological polar surface area (TPSA) is 89.9 Å². The lowest BCUT2D eigenvalue weighted by Gasteiger charge is -2.24. The second-order valence-corrected chi connectivity index (χ2v) is 6.04. The first kappa shape index (κ1) is 15.8. The summed E-state index contributed by atoms with van der Waals surface area (Å²) in [5.41, 5.74) is 0.907. The molecule has 1 aliphatic heterocycles. The van der Waals surface area contributed by atoms with Crippen LogP contribution >= 0.6 is 15.9 Å². The Hall–Kier alpha value is -1.60. The number of amides is 2. The van der Waals surface area contributed by atoms with Crippen molar-refractivity contribution in [3.05, 3.63) is 34.3 Å². The van der Waals surface area contributed by atoms with E-state index >= 15 is 0 Å². The molecule has 1 aromatic rings. The third-order valence-corrected chi connectivity index (χ3v) is 4.01. The van der Waals surface area contributed by atoms with Gasteiger partial charge >= 0.3 is 12.0 Å². The predicted molar refractivity (Wildman–Crippen MR) is 79.8 cm³/mol. The zero-order valence-electron chi connectivity index (χ0n) is 11.5. The van der Waals surface area contributed by atoms with Crippen molar-refractivity contribution in [1.82, 2.24) is 10.2 Å². The fraction of sp³-hybridized carbons (Fsp3) is 0.429. The first-order chi connectivity index (χ1) is 9.88. The molecule has 2 unspecified atom stereocenters. The number of hydrogen-bond acceptors (Lipinski definition) is 3. The molecule has 0 saturated carbocycles. The van der Waals surface area contributed by atoms with Gasteiger partial charge < -0.3 is 20.4 Å². The number of likely N-dealkylation sites (tertiary alicyclic amines) is 1. The van der Waals surface area contributed by atoms with Gasteiger partial charge in [0.25, 0.3) is 0 Å². The quantitative estimate of drug-likeness (QED) is 0.769. The molecule has 2 amide bonds. The number of nitrogens with one attached hydrogen (secondary N) is 1. The van der Waals surface area contributed by atoms with Gasteiger partial charge in [0, 0.05) is 17.4 Å². The smallest absolute Gasteiger partial charge is 0.326 e. The predicted octanol–water partition coefficient (Wildman–Crippen LogP) is 1.74. The van der Waals surface area contributed by atoms with Crippen LogP contribution in [0.2, 0.25) is 0 Å². The molecule has 0 radical (unpaired) electrons. The van der Waals surface area contributed by atoms with Gasteiger partial charge in [-0.25, -0.2) is 9.59 Å². The summed E-state index contributed by atoms with van der Waals surface area (Å²) in [7, 11) is 0. The number of β-amino-alcohol motifs (C(OH)–C–C–N with tert-alkyl or cyclic N) is 1. The number of nitrogens with zero attached hydrogens (tertiary/aromatic N) is 1. The molecule has 2 rings (SSSR count). The molecule has 6 nitrogen and oxygen atoms in total. The van der Waals surface area contributed by atoms with E-state index in [4.69, 9.17) is 5.11 Å². The van der Waals surface area contributed by atoms with E-state index in [1.165, 1.54) is 4.90 Å². The van der Waals surface area contributed by atoms with E-state index in [2.05, 4.69) is 21.2 Å². The normalized spacial score (nSPS) is 22.9. The van der Waals surface area contributed by atoms with Gasteiger partial charge in [-0.05, 0) is 24.6 Å². The molecule has 7 heteroatoms. The highest BCUT2D eigenvalue weighted by Crippen LogP contribution is 2.21. The maximum absolute atomic E-state index is 12.2. The number of aliphatic hydroxyl groups is 1. The van der Waals surface area contributed by atoms with E-state index in [-0.39, 0.29) is 19.0 Å². The molecular formula is C14H17BrN2O4. The summed E-state index contributed by atoms with van der Waals surface area (Å²) in [4.78, 5) is 24.5. The standard InChI is InChI=1S/C14H17BrN2O4/c1-8(9-3-2-4-10(15)5-9)16-14(21)17-7-11(18)6-12(17)13(19)20/h2-5,8,11-12,18H,6-7H2,1H3,(H,16,21)(H,19,20)/t8?,11?,12-/m0/s1. The Kier molecular flexibility index (Phi) is 4.84. The van der Waals surface area contributed by atoms with Crippen LogP contribution in [0.25, 0.3) is 0 Å². The molecule has 1 aromatic carbocycles. The van der Waals surface area contributed by atoms with E-state index < -0.39 is 24.1 Å². The van der Waals surface area contributed by atoms with Gasteiger partial charge in [-0.2, -0.15) is 0 Å². The van der Waals surface area contributed by atoms with Gasteiger partial charge in [-0.1, -0.05) is 28.1 Å². The molecule has 21 heavy (non-hydrogen) atoms. The molecule has 3 N–H and O–H groups in total. The Morgan fingerprint density at radius 3 is 2.81 bits per heavy atom. The maximum Gasteiger partial charge on any atom is 0.326 e. The molecule has 0 aromatic heterocycles. The van der Waals surface area contributed by atoms with Crippen molar-refractivity contribution in [3.8, 4) is 0 Å². The summed E-state index contributed by atoms with van der Waals surface area (Å²) < 4.78 is 0.904. The summed E-state index contributed by atoms with van der Waals surface area (Å²) in [5.74, 6) is -1.10. The fourth-order valence-corrected chi connectivity index (χ4v) is 2.82. The minimum atomic E-state index is -1.10. The van der Waals surface area contributed by atoms with Crippen LogP contribution in [-0.4, -0.2) is 45.8 Å². The third kappa shape index (κ3) is 3.74. The molecule has 3 atom stereocenters. The van der Waals surface area contributed by atoms with E-state index in [1.807, 2.05) is 31.2 Å². The van der Waals surface area contributed by atoms with E-state index in [1.54, 1.807) is 0 Å². The van der Waals surface area contributed by atoms with Crippen LogP contribution in [0.1, 0.15) is 24.9 Å². The summed E-state index contributed by atoms with van der Waals surface area (Å²) in [6.45, 7) is 1.86.